The van der Waals surface area contributed by atoms with Gasteiger partial charge >= 0.3 is 0 Å². The molecule has 2 rings (SSSR count). The average molecular weight is 269 g/mol. The molecule has 0 saturated heterocycles. The molecule has 20 heavy (non-hydrogen) atoms. The van der Waals surface area contributed by atoms with Gasteiger partial charge in [0.2, 0.25) is 0 Å². The Bertz CT molecular complexity index is 630. The molecule has 0 atom stereocenters. The molecule has 3 nitrogen and oxygen atoms in total. The van der Waals surface area contributed by atoms with Crippen molar-refractivity contribution < 1.29 is 9.90 Å². The van der Waals surface area contributed by atoms with Crippen molar-refractivity contribution in [2.75, 3.05) is 5.73 Å². The topological polar surface area (TPSA) is 63.3 Å². The summed E-state index contributed by atoms with van der Waals surface area (Å²) < 4.78 is 0. The van der Waals surface area contributed by atoms with Crippen molar-refractivity contribution in [3.63, 3.8) is 0 Å². The molecule has 0 fully saturated rings. The molecule has 0 aliphatic carbocycles. The van der Waals surface area contributed by atoms with E-state index in [9.17, 15) is 9.90 Å². The molecule has 0 spiro atoms. The maximum absolute atomic E-state index is 11.5. The molecule has 0 aliphatic heterocycles. The van der Waals surface area contributed by atoms with Gasteiger partial charge in [0.25, 0.3) is 0 Å². The number of hydrogen-bond acceptors (Lipinski definition) is 3. The number of hydrogen-bond donors (Lipinski definition) is 2. The number of nitrogens with two attached hydrogens (primary N) is 1. The van der Waals surface area contributed by atoms with E-state index in [1.807, 2.05) is 37.3 Å². The summed E-state index contributed by atoms with van der Waals surface area (Å²) in [7, 11) is 0. The summed E-state index contributed by atoms with van der Waals surface area (Å²) in [6.45, 7) is 3.51. The molecule has 0 aromatic heterocycles. The van der Waals surface area contributed by atoms with Gasteiger partial charge in [0.15, 0.2) is 5.78 Å². The van der Waals surface area contributed by atoms with Crippen LogP contribution >= 0.6 is 0 Å². The zero-order chi connectivity index (χ0) is 14.7. The maximum Gasteiger partial charge on any atom is 0.163 e. The van der Waals surface area contributed by atoms with Crippen LogP contribution in [0.15, 0.2) is 36.4 Å². The van der Waals surface area contributed by atoms with Gasteiger partial charge < -0.3 is 10.8 Å². The number of rotatable bonds is 4. The summed E-state index contributed by atoms with van der Waals surface area (Å²) in [5, 5.41) is 10.3. The smallest absolute Gasteiger partial charge is 0.163 e. The molecule has 0 saturated carbocycles. The molecule has 2 aromatic rings. The van der Waals surface area contributed by atoms with Gasteiger partial charge in [-0.3, -0.25) is 4.79 Å². The molecule has 0 radical (unpaired) electrons. The standard InChI is InChI=1S/C17H19NO2/c1-3-4-16-15(12-5-7-13(18)8-6-12)10-9-14(11(2)19)17(16)20/h5-10,20H,3-4,18H2,1-2H3. The molecule has 0 aliphatic rings. The minimum atomic E-state index is -0.122. The molecule has 104 valence electrons. The van der Waals surface area contributed by atoms with Gasteiger partial charge in [0.05, 0.1) is 5.56 Å². The van der Waals surface area contributed by atoms with Gasteiger partial charge in [-0.1, -0.05) is 31.5 Å². The number of carbonyl (C=O) groups excluding carboxylic acids is 1. The van der Waals surface area contributed by atoms with Gasteiger partial charge in [0.1, 0.15) is 5.75 Å². The first-order valence-electron chi connectivity index (χ1n) is 6.76. The third-order valence-corrected chi connectivity index (χ3v) is 3.38. The number of aromatic hydroxyl groups is 1. The molecule has 0 amide bonds. The first-order chi connectivity index (χ1) is 9.54. The van der Waals surface area contributed by atoms with Crippen LogP contribution in [0.1, 0.15) is 36.2 Å². The molecule has 2 aromatic carbocycles. The van der Waals surface area contributed by atoms with E-state index in [2.05, 4.69) is 0 Å². The highest BCUT2D eigenvalue weighted by Gasteiger charge is 2.15. The first-order valence-corrected chi connectivity index (χ1v) is 6.76. The second kappa shape index (κ2) is 5.78. The molecule has 0 unspecified atom stereocenters. The van der Waals surface area contributed by atoms with Gasteiger partial charge in [-0.05, 0) is 42.7 Å². The van der Waals surface area contributed by atoms with Crippen LogP contribution in [0.2, 0.25) is 0 Å². The van der Waals surface area contributed by atoms with E-state index in [4.69, 9.17) is 5.73 Å². The van der Waals surface area contributed by atoms with Crippen molar-refractivity contribution in [1.29, 1.82) is 0 Å². The number of phenols is 1. The molecule has 3 heteroatoms. The molecule has 0 heterocycles. The second-order valence-corrected chi connectivity index (χ2v) is 4.92. The third-order valence-electron chi connectivity index (χ3n) is 3.38. The summed E-state index contributed by atoms with van der Waals surface area (Å²) >= 11 is 0. The fourth-order valence-electron chi connectivity index (χ4n) is 2.36. The Balaban J connectivity index is 2.60. The van der Waals surface area contributed by atoms with Crippen LogP contribution in [0.25, 0.3) is 11.1 Å². The highest BCUT2D eigenvalue weighted by atomic mass is 16.3. The summed E-state index contributed by atoms with van der Waals surface area (Å²) in [6.07, 6.45) is 1.63. The lowest BCUT2D eigenvalue weighted by atomic mass is 9.92. The fourth-order valence-corrected chi connectivity index (χ4v) is 2.36. The quantitative estimate of drug-likeness (QED) is 0.655. The van der Waals surface area contributed by atoms with Gasteiger partial charge in [-0.2, -0.15) is 0 Å². The Morgan fingerprint density at radius 3 is 2.35 bits per heavy atom. The van der Waals surface area contributed by atoms with Crippen molar-refractivity contribution in [2.24, 2.45) is 0 Å². The second-order valence-electron chi connectivity index (χ2n) is 4.92. The number of phenolic OH excluding ortho intramolecular Hbond substituents is 1. The van der Waals surface area contributed by atoms with Crippen molar-refractivity contribution in [1.82, 2.24) is 0 Å². The van der Waals surface area contributed by atoms with E-state index in [1.54, 1.807) is 6.07 Å². The molecular formula is C17H19NO2. The van der Waals surface area contributed by atoms with E-state index in [-0.39, 0.29) is 11.5 Å². The van der Waals surface area contributed by atoms with Crippen LogP contribution in [0.3, 0.4) is 0 Å². The lowest BCUT2D eigenvalue weighted by molar-refractivity contribution is 0.101. The highest BCUT2D eigenvalue weighted by molar-refractivity contribution is 5.98. The van der Waals surface area contributed by atoms with E-state index in [0.717, 1.165) is 29.5 Å². The maximum atomic E-state index is 11.5. The largest absolute Gasteiger partial charge is 0.507 e. The zero-order valence-electron chi connectivity index (χ0n) is 11.8. The SMILES string of the molecule is CCCc1c(-c2ccc(N)cc2)ccc(C(C)=O)c1O. The average Bonchev–Trinajstić information content (AvgIpc) is 2.42. The predicted octanol–water partition coefficient (Wildman–Crippen LogP) is 3.80. The number of carbonyl (C=O) groups is 1. The third kappa shape index (κ3) is 2.67. The van der Waals surface area contributed by atoms with Crippen LogP contribution in [-0.2, 0) is 6.42 Å². The Labute approximate surface area is 119 Å². The Kier molecular flexibility index (Phi) is 4.08. The number of ketones is 1. The van der Waals surface area contributed by atoms with Crippen molar-refractivity contribution in [3.05, 3.63) is 47.5 Å². The highest BCUT2D eigenvalue weighted by Crippen LogP contribution is 2.34. The van der Waals surface area contributed by atoms with Crippen LogP contribution < -0.4 is 5.73 Å². The van der Waals surface area contributed by atoms with Gasteiger partial charge in [0, 0.05) is 11.3 Å². The van der Waals surface area contributed by atoms with E-state index < -0.39 is 0 Å². The number of benzene rings is 2. The van der Waals surface area contributed by atoms with Gasteiger partial charge in [-0.25, -0.2) is 0 Å². The Hall–Kier alpha value is -2.29. The summed E-state index contributed by atoms with van der Waals surface area (Å²) in [5.74, 6) is -0.0163. The van der Waals surface area contributed by atoms with E-state index >= 15 is 0 Å². The van der Waals surface area contributed by atoms with Crippen molar-refractivity contribution in [2.45, 2.75) is 26.7 Å². The van der Waals surface area contributed by atoms with Crippen molar-refractivity contribution >= 4 is 11.5 Å². The van der Waals surface area contributed by atoms with E-state index in [0.29, 0.717) is 11.3 Å². The van der Waals surface area contributed by atoms with Crippen LogP contribution in [0.4, 0.5) is 5.69 Å². The van der Waals surface area contributed by atoms with Crippen LogP contribution in [-0.4, -0.2) is 10.9 Å². The Morgan fingerprint density at radius 1 is 1.15 bits per heavy atom. The fraction of sp³-hybridized carbons (Fsp3) is 0.235. The van der Waals surface area contributed by atoms with Crippen LogP contribution in [0.5, 0.6) is 5.75 Å². The normalized spacial score (nSPS) is 10.5. The lowest BCUT2D eigenvalue weighted by Crippen LogP contribution is -1.99. The molecular weight excluding hydrogens is 250 g/mol. The number of nitrogen functional groups attached to an aromatic ring is 1. The monoisotopic (exact) mass is 269 g/mol. The summed E-state index contributed by atoms with van der Waals surface area (Å²) in [6, 6.07) is 11.1. The lowest BCUT2D eigenvalue weighted by Gasteiger charge is -2.14. The van der Waals surface area contributed by atoms with Crippen molar-refractivity contribution in [3.8, 4) is 16.9 Å². The number of Topliss-reactive ketones (excluding diaryl/α,β-unsaturated/α-hetero) is 1. The number of anilines is 1. The molecule has 0 bridgehead atoms. The Morgan fingerprint density at radius 2 is 1.80 bits per heavy atom. The van der Waals surface area contributed by atoms with E-state index in [1.165, 1.54) is 6.92 Å². The summed E-state index contributed by atoms with van der Waals surface area (Å²) in [4.78, 5) is 11.5. The minimum Gasteiger partial charge on any atom is -0.507 e. The first kappa shape index (κ1) is 14.1. The summed E-state index contributed by atoms with van der Waals surface area (Å²) in [5.41, 5.74) is 9.56. The minimum absolute atomic E-state index is 0.105. The zero-order valence-corrected chi connectivity index (χ0v) is 11.8. The van der Waals surface area contributed by atoms with Crippen LogP contribution in [0, 0.1) is 0 Å². The predicted molar refractivity (Wildman–Crippen MR) is 82.0 cm³/mol. The van der Waals surface area contributed by atoms with Gasteiger partial charge in [-0.15, -0.1) is 0 Å². The molecule has 3 N–H and O–H groups in total.